The molecule has 1 aliphatic rings. The zero-order chi connectivity index (χ0) is 20.9. The minimum atomic E-state index is -0.512. The molecule has 4 rings (SSSR count). The molecule has 30 heavy (non-hydrogen) atoms. The van der Waals surface area contributed by atoms with Gasteiger partial charge in [-0.2, -0.15) is 0 Å². The van der Waals surface area contributed by atoms with Crippen LogP contribution in [0.2, 0.25) is 0 Å². The summed E-state index contributed by atoms with van der Waals surface area (Å²) in [6, 6.07) is 15.2. The number of nitrogens with zero attached hydrogens (tertiary/aromatic N) is 1. The van der Waals surface area contributed by atoms with Crippen molar-refractivity contribution >= 4 is 27.7 Å². The summed E-state index contributed by atoms with van der Waals surface area (Å²) in [6.45, 7) is 0.887. The quantitative estimate of drug-likeness (QED) is 0.567. The average Bonchev–Trinajstić information content (AvgIpc) is 2.77. The van der Waals surface area contributed by atoms with E-state index in [0.717, 1.165) is 4.47 Å². The summed E-state index contributed by atoms with van der Waals surface area (Å²) in [7, 11) is 0. The zero-order valence-electron chi connectivity index (χ0n) is 15.6. The standard InChI is InChI=1S/C21H16BrN3O5/c22-15-2-1-3-16(11-15)30-19-7-5-14(12-23-19)21(27)25-24-20(26)13-4-6-17-18(10-13)29-9-8-28-17/h1-7,10-12H,8-9H2,(H,24,26)(H,25,27). The highest BCUT2D eigenvalue weighted by molar-refractivity contribution is 9.10. The second-order valence-electron chi connectivity index (χ2n) is 6.21. The Kier molecular flexibility index (Phi) is 5.80. The van der Waals surface area contributed by atoms with Gasteiger partial charge >= 0.3 is 0 Å². The molecule has 3 aromatic rings. The van der Waals surface area contributed by atoms with Gasteiger partial charge in [0.25, 0.3) is 11.8 Å². The molecule has 0 bridgehead atoms. The summed E-state index contributed by atoms with van der Waals surface area (Å²) in [5, 5.41) is 0. The van der Waals surface area contributed by atoms with E-state index in [1.54, 1.807) is 42.5 Å². The first-order valence-corrected chi connectivity index (χ1v) is 9.77. The Morgan fingerprint density at radius 3 is 2.37 bits per heavy atom. The largest absolute Gasteiger partial charge is 0.486 e. The molecule has 152 valence electrons. The molecule has 0 radical (unpaired) electrons. The van der Waals surface area contributed by atoms with Crippen LogP contribution in [0.3, 0.4) is 0 Å². The first kappa shape index (κ1) is 19.7. The molecule has 2 N–H and O–H groups in total. The maximum Gasteiger partial charge on any atom is 0.271 e. The predicted molar refractivity (Wildman–Crippen MR) is 111 cm³/mol. The maximum atomic E-state index is 12.3. The molecule has 1 aliphatic heterocycles. The van der Waals surface area contributed by atoms with Crippen LogP contribution in [0.25, 0.3) is 0 Å². The van der Waals surface area contributed by atoms with Gasteiger partial charge in [-0.25, -0.2) is 4.98 Å². The van der Waals surface area contributed by atoms with Gasteiger partial charge in [-0.3, -0.25) is 20.4 Å². The third-order valence-electron chi connectivity index (χ3n) is 4.11. The first-order valence-electron chi connectivity index (χ1n) is 8.98. The SMILES string of the molecule is O=C(NNC(=O)c1ccc2c(c1)OCCO2)c1ccc(Oc2cccc(Br)c2)nc1. The topological polar surface area (TPSA) is 98.8 Å². The van der Waals surface area contributed by atoms with Crippen molar-refractivity contribution < 1.29 is 23.8 Å². The maximum absolute atomic E-state index is 12.3. The molecule has 0 unspecified atom stereocenters. The van der Waals surface area contributed by atoms with E-state index in [2.05, 4.69) is 31.8 Å². The number of carbonyl (C=O) groups is 2. The summed E-state index contributed by atoms with van der Waals surface area (Å²) in [6.07, 6.45) is 1.36. The molecule has 1 aromatic heterocycles. The summed E-state index contributed by atoms with van der Waals surface area (Å²) < 4.78 is 17.4. The number of fused-ring (bicyclic) bond motifs is 1. The number of hydrazine groups is 1. The Morgan fingerprint density at radius 1 is 0.900 bits per heavy atom. The van der Waals surface area contributed by atoms with Gasteiger partial charge in [-0.15, -0.1) is 0 Å². The summed E-state index contributed by atoms with van der Waals surface area (Å²) in [5.74, 6) is 1.03. The Bertz CT molecular complexity index is 1090. The van der Waals surface area contributed by atoms with Crippen molar-refractivity contribution in [3.8, 4) is 23.1 Å². The Labute approximate surface area is 180 Å². The van der Waals surface area contributed by atoms with E-state index in [0.29, 0.717) is 41.9 Å². The number of pyridine rings is 1. The lowest BCUT2D eigenvalue weighted by atomic mass is 10.2. The molecule has 0 atom stereocenters. The van der Waals surface area contributed by atoms with Crippen LogP contribution in [-0.4, -0.2) is 30.0 Å². The van der Waals surface area contributed by atoms with Crippen molar-refractivity contribution in [3.63, 3.8) is 0 Å². The second kappa shape index (κ2) is 8.83. The number of ether oxygens (including phenoxy) is 3. The van der Waals surface area contributed by atoms with Crippen molar-refractivity contribution in [2.75, 3.05) is 13.2 Å². The minimum absolute atomic E-state index is 0.263. The van der Waals surface area contributed by atoms with Crippen LogP contribution in [-0.2, 0) is 0 Å². The molecular formula is C21H16BrN3O5. The van der Waals surface area contributed by atoms with E-state index >= 15 is 0 Å². The predicted octanol–water partition coefficient (Wildman–Crippen LogP) is 3.48. The van der Waals surface area contributed by atoms with Gasteiger partial charge < -0.3 is 14.2 Å². The van der Waals surface area contributed by atoms with Crippen molar-refractivity contribution in [2.45, 2.75) is 0 Å². The number of nitrogens with one attached hydrogen (secondary N) is 2. The van der Waals surface area contributed by atoms with Crippen LogP contribution >= 0.6 is 15.9 Å². The molecule has 2 aromatic carbocycles. The van der Waals surface area contributed by atoms with E-state index in [-0.39, 0.29) is 5.56 Å². The van der Waals surface area contributed by atoms with E-state index in [1.807, 2.05) is 12.1 Å². The summed E-state index contributed by atoms with van der Waals surface area (Å²) >= 11 is 3.37. The van der Waals surface area contributed by atoms with Gasteiger partial charge in [0.15, 0.2) is 11.5 Å². The molecule has 0 fully saturated rings. The average molecular weight is 470 g/mol. The van der Waals surface area contributed by atoms with E-state index in [9.17, 15) is 9.59 Å². The third-order valence-corrected chi connectivity index (χ3v) is 4.60. The fourth-order valence-corrected chi connectivity index (χ4v) is 3.05. The van der Waals surface area contributed by atoms with Crippen molar-refractivity contribution in [2.24, 2.45) is 0 Å². The number of hydrogen-bond acceptors (Lipinski definition) is 6. The van der Waals surface area contributed by atoms with Crippen molar-refractivity contribution in [1.29, 1.82) is 0 Å². The van der Waals surface area contributed by atoms with Crippen LogP contribution in [0.1, 0.15) is 20.7 Å². The highest BCUT2D eigenvalue weighted by atomic mass is 79.9. The number of amides is 2. The van der Waals surface area contributed by atoms with Gasteiger partial charge in [-0.1, -0.05) is 22.0 Å². The van der Waals surface area contributed by atoms with Crippen molar-refractivity contribution in [3.05, 3.63) is 76.4 Å². The molecule has 2 amide bonds. The van der Waals surface area contributed by atoms with Gasteiger partial charge in [0.05, 0.1) is 5.56 Å². The number of hydrogen-bond donors (Lipinski definition) is 2. The molecule has 2 heterocycles. The monoisotopic (exact) mass is 469 g/mol. The van der Waals surface area contributed by atoms with Crippen LogP contribution in [0.5, 0.6) is 23.1 Å². The summed E-state index contributed by atoms with van der Waals surface area (Å²) in [4.78, 5) is 28.7. The molecule has 0 aliphatic carbocycles. The normalized spacial score (nSPS) is 12.0. The van der Waals surface area contributed by atoms with E-state index < -0.39 is 11.8 Å². The van der Waals surface area contributed by atoms with E-state index in [1.165, 1.54) is 6.20 Å². The minimum Gasteiger partial charge on any atom is -0.486 e. The number of carbonyl (C=O) groups excluding carboxylic acids is 2. The van der Waals surface area contributed by atoms with Crippen LogP contribution in [0, 0.1) is 0 Å². The molecule has 9 heteroatoms. The molecule has 0 spiro atoms. The van der Waals surface area contributed by atoms with Crippen molar-refractivity contribution in [1.82, 2.24) is 15.8 Å². The van der Waals surface area contributed by atoms with Gasteiger partial charge in [-0.05, 0) is 42.5 Å². The third kappa shape index (κ3) is 4.69. The van der Waals surface area contributed by atoms with Gasteiger partial charge in [0, 0.05) is 22.3 Å². The zero-order valence-corrected chi connectivity index (χ0v) is 17.1. The van der Waals surface area contributed by atoms with Crippen LogP contribution < -0.4 is 25.1 Å². The number of aromatic nitrogens is 1. The molecular weight excluding hydrogens is 454 g/mol. The van der Waals surface area contributed by atoms with Crippen LogP contribution in [0.15, 0.2) is 65.3 Å². The Balaban J connectivity index is 1.34. The molecule has 8 nitrogen and oxygen atoms in total. The number of halogens is 1. The Hall–Kier alpha value is -3.59. The van der Waals surface area contributed by atoms with Gasteiger partial charge in [0.1, 0.15) is 19.0 Å². The highest BCUT2D eigenvalue weighted by Gasteiger charge is 2.16. The smallest absolute Gasteiger partial charge is 0.271 e. The number of rotatable bonds is 4. The van der Waals surface area contributed by atoms with E-state index in [4.69, 9.17) is 14.2 Å². The fraction of sp³-hybridized carbons (Fsp3) is 0.0952. The lowest BCUT2D eigenvalue weighted by Gasteiger charge is -2.18. The van der Waals surface area contributed by atoms with Gasteiger partial charge in [0.2, 0.25) is 5.88 Å². The van der Waals surface area contributed by atoms with Crippen LogP contribution in [0.4, 0.5) is 0 Å². The fourth-order valence-electron chi connectivity index (χ4n) is 2.67. The lowest BCUT2D eigenvalue weighted by Crippen LogP contribution is -2.41. The molecule has 0 saturated carbocycles. The summed E-state index contributed by atoms with van der Waals surface area (Å²) in [5.41, 5.74) is 5.31. The molecule has 0 saturated heterocycles. The highest BCUT2D eigenvalue weighted by Crippen LogP contribution is 2.30. The lowest BCUT2D eigenvalue weighted by molar-refractivity contribution is 0.0846. The second-order valence-corrected chi connectivity index (χ2v) is 7.13. The Morgan fingerprint density at radius 2 is 1.63 bits per heavy atom. The first-order chi connectivity index (χ1) is 14.6. The number of benzene rings is 2.